The normalized spacial score (nSPS) is 25.1. The Balaban J connectivity index is 1.24. The van der Waals surface area contributed by atoms with Crippen LogP contribution >= 0.6 is 0 Å². The Morgan fingerprint density at radius 1 is 1.15 bits per heavy atom. The number of likely N-dealkylation sites (tertiary alicyclic amines) is 1. The lowest BCUT2D eigenvalue weighted by Gasteiger charge is -2.41. The van der Waals surface area contributed by atoms with Gasteiger partial charge in [0.25, 0.3) is 0 Å². The van der Waals surface area contributed by atoms with E-state index in [1.54, 1.807) is 30.5 Å². The number of hydrogen-bond acceptors (Lipinski definition) is 5. The maximum Gasteiger partial charge on any atom is 0.395 e. The molecule has 0 bridgehead atoms. The van der Waals surface area contributed by atoms with E-state index in [9.17, 15) is 21.6 Å². The molecule has 1 aliphatic carbocycles. The minimum Gasteiger partial charge on any atom is -0.485 e. The van der Waals surface area contributed by atoms with Crippen molar-refractivity contribution in [3.05, 3.63) is 42.1 Å². The van der Waals surface area contributed by atoms with Gasteiger partial charge in [-0.25, -0.2) is 8.42 Å². The maximum atomic E-state index is 13.3. The number of ether oxygens (including phenoxy) is 1. The first-order valence-electron chi connectivity index (χ1n) is 11.7. The Morgan fingerprint density at radius 3 is 2.35 bits per heavy atom. The molecule has 0 radical (unpaired) electrons. The van der Waals surface area contributed by atoms with Gasteiger partial charge in [0.05, 0.1) is 22.2 Å². The lowest BCUT2D eigenvalue weighted by Crippen LogP contribution is -2.48. The summed E-state index contributed by atoms with van der Waals surface area (Å²) in [6.45, 7) is 3.53. The third-order valence-corrected chi connectivity index (χ3v) is 8.97. The molecule has 1 aromatic carbocycles. The van der Waals surface area contributed by atoms with Gasteiger partial charge in [0.2, 0.25) is 0 Å². The highest BCUT2D eigenvalue weighted by Crippen LogP contribution is 2.58. The van der Waals surface area contributed by atoms with Gasteiger partial charge in [0.15, 0.2) is 9.84 Å². The summed E-state index contributed by atoms with van der Waals surface area (Å²) in [5, 5.41) is 0. The smallest absolute Gasteiger partial charge is 0.395 e. The highest BCUT2D eigenvalue weighted by molar-refractivity contribution is 7.90. The second kappa shape index (κ2) is 7.95. The Bertz CT molecular complexity index is 1180. The number of fused-ring (bicyclic) bond motifs is 1. The lowest BCUT2D eigenvalue weighted by atomic mass is 9.79. The SMILES string of the molecule is CC1(C2CCN(CC3(C(F)(F)F)CC3)CC2)Cc2cc(-c3ccc(S(C)(=O)=O)cc3)ncc2O1. The van der Waals surface area contributed by atoms with Gasteiger partial charge in [-0.15, -0.1) is 0 Å². The molecule has 5 nitrogen and oxygen atoms in total. The Hall–Kier alpha value is -2.13. The zero-order chi connectivity index (χ0) is 24.4. The number of benzene rings is 1. The molecule has 1 atom stereocenters. The van der Waals surface area contributed by atoms with Crippen molar-refractivity contribution in [1.29, 1.82) is 0 Å². The number of halogens is 3. The second-order valence-electron chi connectivity index (χ2n) is 10.4. The van der Waals surface area contributed by atoms with Crippen LogP contribution < -0.4 is 4.74 Å². The maximum absolute atomic E-state index is 13.3. The summed E-state index contributed by atoms with van der Waals surface area (Å²) in [4.78, 5) is 6.76. The van der Waals surface area contributed by atoms with Crippen LogP contribution in [0.1, 0.15) is 38.2 Å². The van der Waals surface area contributed by atoms with Crippen molar-refractivity contribution in [3.8, 4) is 17.0 Å². The average Bonchev–Trinajstić information content (AvgIpc) is 3.48. The van der Waals surface area contributed by atoms with Crippen molar-refractivity contribution in [2.24, 2.45) is 11.3 Å². The molecule has 3 aliphatic rings. The van der Waals surface area contributed by atoms with Crippen LogP contribution in [0.4, 0.5) is 13.2 Å². The van der Waals surface area contributed by atoms with Gasteiger partial charge in [-0.3, -0.25) is 4.98 Å². The van der Waals surface area contributed by atoms with E-state index >= 15 is 0 Å². The number of hydrogen-bond donors (Lipinski definition) is 0. The van der Waals surface area contributed by atoms with Gasteiger partial charge in [0.1, 0.15) is 11.4 Å². The number of alkyl halides is 3. The van der Waals surface area contributed by atoms with E-state index in [1.807, 2.05) is 11.0 Å². The zero-order valence-corrected chi connectivity index (χ0v) is 20.2. The fourth-order valence-corrected chi connectivity index (χ4v) is 6.08. The van der Waals surface area contributed by atoms with Gasteiger partial charge in [-0.2, -0.15) is 13.2 Å². The van der Waals surface area contributed by atoms with E-state index < -0.39 is 27.0 Å². The minimum atomic E-state index is -4.11. The highest BCUT2D eigenvalue weighted by atomic mass is 32.2. The van der Waals surface area contributed by atoms with Gasteiger partial charge in [-0.05, 0) is 63.9 Å². The van der Waals surface area contributed by atoms with Crippen LogP contribution in [0.15, 0.2) is 41.4 Å². The first kappa shape index (κ1) is 23.6. The third-order valence-electron chi connectivity index (χ3n) is 7.84. The first-order valence-corrected chi connectivity index (χ1v) is 13.6. The van der Waals surface area contributed by atoms with Crippen molar-refractivity contribution in [2.75, 3.05) is 25.9 Å². The number of rotatable bonds is 5. The quantitative estimate of drug-likeness (QED) is 0.592. The Morgan fingerprint density at radius 2 is 1.79 bits per heavy atom. The van der Waals surface area contributed by atoms with Crippen molar-refractivity contribution in [3.63, 3.8) is 0 Å². The average molecular weight is 495 g/mol. The van der Waals surface area contributed by atoms with Crippen LogP contribution in [0.25, 0.3) is 11.3 Å². The topological polar surface area (TPSA) is 59.5 Å². The molecule has 34 heavy (non-hydrogen) atoms. The number of aromatic nitrogens is 1. The summed E-state index contributed by atoms with van der Waals surface area (Å²) in [5.74, 6) is 1.00. The van der Waals surface area contributed by atoms with E-state index in [0.717, 1.165) is 41.8 Å². The van der Waals surface area contributed by atoms with Crippen LogP contribution in [-0.2, 0) is 16.3 Å². The molecule has 184 valence electrons. The van der Waals surface area contributed by atoms with Crippen LogP contribution in [0.2, 0.25) is 0 Å². The number of sulfone groups is 1. The molecule has 0 spiro atoms. The van der Waals surface area contributed by atoms with Gasteiger partial charge in [-0.1, -0.05) is 12.1 Å². The summed E-state index contributed by atoms with van der Waals surface area (Å²) in [6, 6.07) is 8.66. The standard InChI is InChI=1S/C25H29F3N2O3S/c1-23(19-7-11-30(12-8-19)16-24(9-10-24)25(26,27)28)14-18-13-21(29-15-22(18)33-23)17-3-5-20(6-4-17)34(2,31)32/h3-6,13,15,19H,7-12,14,16H2,1-2H3. The Kier molecular flexibility index (Phi) is 5.52. The molecule has 1 unspecified atom stereocenters. The van der Waals surface area contributed by atoms with Crippen LogP contribution in [0.3, 0.4) is 0 Å². The number of pyridine rings is 1. The predicted octanol–water partition coefficient (Wildman–Crippen LogP) is 4.90. The summed E-state index contributed by atoms with van der Waals surface area (Å²) >= 11 is 0. The van der Waals surface area contributed by atoms with Crippen LogP contribution in [0.5, 0.6) is 5.75 Å². The van der Waals surface area contributed by atoms with Crippen molar-refractivity contribution >= 4 is 9.84 Å². The molecule has 3 heterocycles. The molecule has 1 saturated heterocycles. The number of nitrogens with zero attached hydrogens (tertiary/aromatic N) is 2. The molecule has 2 aromatic rings. The highest BCUT2D eigenvalue weighted by Gasteiger charge is 2.63. The third kappa shape index (κ3) is 4.33. The molecule has 0 amide bonds. The second-order valence-corrected chi connectivity index (χ2v) is 12.4. The van der Waals surface area contributed by atoms with E-state index in [1.165, 1.54) is 6.26 Å². The summed E-state index contributed by atoms with van der Waals surface area (Å²) in [6.07, 6.45) is 1.63. The molecule has 2 aliphatic heterocycles. The van der Waals surface area contributed by atoms with E-state index in [0.29, 0.717) is 13.1 Å². The van der Waals surface area contributed by atoms with Crippen molar-refractivity contribution in [2.45, 2.75) is 55.7 Å². The summed E-state index contributed by atoms with van der Waals surface area (Å²) in [5.41, 5.74) is 0.747. The summed E-state index contributed by atoms with van der Waals surface area (Å²) in [7, 11) is -3.26. The van der Waals surface area contributed by atoms with E-state index in [4.69, 9.17) is 4.74 Å². The van der Waals surface area contributed by atoms with Crippen molar-refractivity contribution in [1.82, 2.24) is 9.88 Å². The molecule has 2 fully saturated rings. The molecule has 1 saturated carbocycles. The van der Waals surface area contributed by atoms with E-state index in [2.05, 4.69) is 11.9 Å². The molecular weight excluding hydrogens is 465 g/mol. The van der Waals surface area contributed by atoms with Gasteiger partial charge < -0.3 is 9.64 Å². The van der Waals surface area contributed by atoms with Crippen molar-refractivity contribution < 1.29 is 26.3 Å². The predicted molar refractivity (Wildman–Crippen MR) is 122 cm³/mol. The fourth-order valence-electron chi connectivity index (χ4n) is 5.45. The van der Waals surface area contributed by atoms with Gasteiger partial charge >= 0.3 is 6.18 Å². The lowest BCUT2D eigenvalue weighted by molar-refractivity contribution is -0.193. The minimum absolute atomic E-state index is 0.117. The molecule has 5 rings (SSSR count). The fraction of sp³-hybridized carbons (Fsp3) is 0.560. The van der Waals surface area contributed by atoms with Crippen LogP contribution in [0, 0.1) is 11.3 Å². The van der Waals surface area contributed by atoms with Crippen LogP contribution in [-0.4, -0.2) is 56.0 Å². The molecular formula is C25H29F3N2O3S. The van der Waals surface area contributed by atoms with Gasteiger partial charge in [0, 0.05) is 36.3 Å². The first-order chi connectivity index (χ1) is 15.9. The molecule has 1 aromatic heterocycles. The zero-order valence-electron chi connectivity index (χ0n) is 19.4. The summed E-state index contributed by atoms with van der Waals surface area (Å²) < 4.78 is 69.8. The number of piperidine rings is 1. The molecule has 9 heteroatoms. The van der Waals surface area contributed by atoms with E-state index in [-0.39, 0.29) is 30.2 Å². The molecule has 0 N–H and O–H groups in total. The Labute approximate surface area is 198 Å². The largest absolute Gasteiger partial charge is 0.485 e. The monoisotopic (exact) mass is 494 g/mol.